The SMILES string of the molecule is Cc1csc2ccc(-c3c[nH]c(=O)c4cnccc34)cc12. The molecular weight excluding hydrogens is 280 g/mol. The molecule has 0 atom stereocenters. The zero-order chi connectivity index (χ0) is 14.4. The maximum atomic E-state index is 11.9. The minimum absolute atomic E-state index is 0.102. The quantitative estimate of drug-likeness (QED) is 0.574. The van der Waals surface area contributed by atoms with Crippen LogP contribution < -0.4 is 5.56 Å². The molecule has 0 spiro atoms. The van der Waals surface area contributed by atoms with E-state index in [1.807, 2.05) is 6.07 Å². The molecule has 3 nitrogen and oxygen atoms in total. The summed E-state index contributed by atoms with van der Waals surface area (Å²) in [6.07, 6.45) is 5.12. The molecule has 0 saturated heterocycles. The first-order chi connectivity index (χ1) is 10.2. The van der Waals surface area contributed by atoms with E-state index in [1.165, 1.54) is 15.6 Å². The number of rotatable bonds is 1. The zero-order valence-corrected chi connectivity index (χ0v) is 12.2. The Morgan fingerprint density at radius 2 is 2.05 bits per heavy atom. The summed E-state index contributed by atoms with van der Waals surface area (Å²) in [5, 5.41) is 4.99. The number of aromatic amines is 1. The fourth-order valence-corrected chi connectivity index (χ4v) is 3.59. The van der Waals surface area contributed by atoms with Gasteiger partial charge in [-0.05, 0) is 52.4 Å². The van der Waals surface area contributed by atoms with Gasteiger partial charge in [0, 0.05) is 28.9 Å². The monoisotopic (exact) mass is 292 g/mol. The first kappa shape index (κ1) is 12.3. The maximum Gasteiger partial charge on any atom is 0.257 e. The van der Waals surface area contributed by atoms with E-state index in [0.717, 1.165) is 16.5 Å². The van der Waals surface area contributed by atoms with Gasteiger partial charge in [-0.25, -0.2) is 0 Å². The Hall–Kier alpha value is -2.46. The topological polar surface area (TPSA) is 45.8 Å². The number of hydrogen-bond acceptors (Lipinski definition) is 3. The largest absolute Gasteiger partial charge is 0.328 e. The van der Waals surface area contributed by atoms with E-state index in [9.17, 15) is 4.79 Å². The number of fused-ring (bicyclic) bond motifs is 2. The standard InChI is InChI=1S/C17H12N2OS/c1-10-9-21-16-3-2-11(6-13(10)16)14-8-19-17(20)15-7-18-5-4-12(14)15/h2-9H,1H3,(H,19,20). The van der Waals surface area contributed by atoms with Crippen LogP contribution in [0.5, 0.6) is 0 Å². The maximum absolute atomic E-state index is 11.9. The number of pyridine rings is 2. The molecule has 0 aliphatic rings. The molecule has 21 heavy (non-hydrogen) atoms. The molecule has 0 unspecified atom stereocenters. The molecule has 0 aliphatic carbocycles. The summed E-state index contributed by atoms with van der Waals surface area (Å²) in [7, 11) is 0. The average Bonchev–Trinajstić information content (AvgIpc) is 2.89. The highest BCUT2D eigenvalue weighted by Crippen LogP contribution is 2.32. The van der Waals surface area contributed by atoms with Crippen molar-refractivity contribution in [3.05, 3.63) is 64.2 Å². The van der Waals surface area contributed by atoms with Gasteiger partial charge in [0.1, 0.15) is 0 Å². The van der Waals surface area contributed by atoms with E-state index < -0.39 is 0 Å². The van der Waals surface area contributed by atoms with Crippen LogP contribution in [-0.2, 0) is 0 Å². The molecule has 1 aromatic carbocycles. The molecule has 4 heteroatoms. The zero-order valence-electron chi connectivity index (χ0n) is 11.4. The molecule has 0 saturated carbocycles. The summed E-state index contributed by atoms with van der Waals surface area (Å²) >= 11 is 1.76. The summed E-state index contributed by atoms with van der Waals surface area (Å²) in [6, 6.07) is 8.32. The van der Waals surface area contributed by atoms with Gasteiger partial charge in [0.15, 0.2) is 0 Å². The van der Waals surface area contributed by atoms with Crippen molar-refractivity contribution >= 4 is 32.2 Å². The number of nitrogens with zero attached hydrogens (tertiary/aromatic N) is 1. The molecule has 0 amide bonds. The van der Waals surface area contributed by atoms with E-state index >= 15 is 0 Å². The number of aromatic nitrogens is 2. The van der Waals surface area contributed by atoms with Crippen LogP contribution in [0.3, 0.4) is 0 Å². The third kappa shape index (κ3) is 1.87. The fourth-order valence-electron chi connectivity index (χ4n) is 2.67. The lowest BCUT2D eigenvalue weighted by Crippen LogP contribution is -2.06. The molecule has 0 aliphatic heterocycles. The lowest BCUT2D eigenvalue weighted by Gasteiger charge is -2.06. The third-order valence-electron chi connectivity index (χ3n) is 3.78. The molecule has 4 rings (SSSR count). The molecular formula is C17H12N2OS. The molecule has 102 valence electrons. The first-order valence-corrected chi connectivity index (χ1v) is 7.55. The van der Waals surface area contributed by atoms with Crippen LogP contribution in [0.2, 0.25) is 0 Å². The van der Waals surface area contributed by atoms with Gasteiger partial charge in [-0.2, -0.15) is 0 Å². The van der Waals surface area contributed by atoms with Crippen molar-refractivity contribution in [1.29, 1.82) is 0 Å². The molecule has 4 aromatic rings. The van der Waals surface area contributed by atoms with Gasteiger partial charge in [0.25, 0.3) is 5.56 Å². The van der Waals surface area contributed by atoms with Crippen molar-refractivity contribution in [2.24, 2.45) is 0 Å². The highest BCUT2D eigenvalue weighted by molar-refractivity contribution is 7.17. The lowest BCUT2D eigenvalue weighted by atomic mass is 10.0. The summed E-state index contributed by atoms with van der Waals surface area (Å²) in [4.78, 5) is 18.7. The third-order valence-corrected chi connectivity index (χ3v) is 4.86. The highest BCUT2D eigenvalue weighted by Gasteiger charge is 2.08. The average molecular weight is 292 g/mol. The Balaban J connectivity index is 2.06. The van der Waals surface area contributed by atoms with Crippen molar-refractivity contribution in [2.75, 3.05) is 0 Å². The number of nitrogens with one attached hydrogen (secondary N) is 1. The van der Waals surface area contributed by atoms with Gasteiger partial charge in [-0.1, -0.05) is 6.07 Å². The molecule has 0 fully saturated rings. The number of H-pyrrole nitrogens is 1. The van der Waals surface area contributed by atoms with Gasteiger partial charge >= 0.3 is 0 Å². The summed E-state index contributed by atoms with van der Waals surface area (Å²) in [6.45, 7) is 2.12. The molecule has 1 N–H and O–H groups in total. The van der Waals surface area contributed by atoms with Crippen molar-refractivity contribution in [3.8, 4) is 11.1 Å². The molecule has 3 aromatic heterocycles. The highest BCUT2D eigenvalue weighted by atomic mass is 32.1. The number of hydrogen-bond donors (Lipinski definition) is 1. The van der Waals surface area contributed by atoms with Crippen molar-refractivity contribution in [2.45, 2.75) is 6.92 Å². The Kier molecular flexibility index (Phi) is 2.65. The van der Waals surface area contributed by atoms with Crippen LogP contribution in [0, 0.1) is 6.92 Å². The van der Waals surface area contributed by atoms with Crippen LogP contribution in [0.4, 0.5) is 0 Å². The number of thiophene rings is 1. The van der Waals surface area contributed by atoms with E-state index in [1.54, 1.807) is 29.9 Å². The van der Waals surface area contributed by atoms with Gasteiger partial charge < -0.3 is 4.98 Å². The predicted molar refractivity (Wildman–Crippen MR) is 87.9 cm³/mol. The van der Waals surface area contributed by atoms with Crippen LogP contribution >= 0.6 is 11.3 Å². The van der Waals surface area contributed by atoms with Crippen LogP contribution in [-0.4, -0.2) is 9.97 Å². The molecule has 0 radical (unpaired) electrons. The number of aryl methyl sites for hydroxylation is 1. The Labute approximate surface area is 124 Å². The second-order valence-corrected chi connectivity index (χ2v) is 5.99. The second kappa shape index (κ2) is 4.53. The van der Waals surface area contributed by atoms with Crippen molar-refractivity contribution < 1.29 is 0 Å². The van der Waals surface area contributed by atoms with Gasteiger partial charge in [-0.15, -0.1) is 11.3 Å². The van der Waals surface area contributed by atoms with Crippen LogP contribution in [0.25, 0.3) is 32.0 Å². The lowest BCUT2D eigenvalue weighted by molar-refractivity contribution is 1.26. The predicted octanol–water partition coefficient (Wildman–Crippen LogP) is 4.11. The first-order valence-electron chi connectivity index (χ1n) is 6.68. The summed E-state index contributed by atoms with van der Waals surface area (Å²) in [5.74, 6) is 0. The molecule has 0 bridgehead atoms. The molecule has 3 heterocycles. The smallest absolute Gasteiger partial charge is 0.257 e. The van der Waals surface area contributed by atoms with E-state index in [2.05, 4.69) is 40.5 Å². The minimum Gasteiger partial charge on any atom is -0.328 e. The Morgan fingerprint density at radius 3 is 2.95 bits per heavy atom. The normalized spacial score (nSPS) is 11.3. The van der Waals surface area contributed by atoms with E-state index in [0.29, 0.717) is 5.39 Å². The minimum atomic E-state index is -0.102. The van der Waals surface area contributed by atoms with E-state index in [4.69, 9.17) is 0 Å². The summed E-state index contributed by atoms with van der Waals surface area (Å²) < 4.78 is 1.28. The van der Waals surface area contributed by atoms with Gasteiger partial charge in [-0.3, -0.25) is 9.78 Å². The fraction of sp³-hybridized carbons (Fsp3) is 0.0588. The van der Waals surface area contributed by atoms with Gasteiger partial charge in [0.05, 0.1) is 5.39 Å². The second-order valence-electron chi connectivity index (χ2n) is 5.08. The van der Waals surface area contributed by atoms with Crippen LogP contribution in [0.15, 0.2) is 53.0 Å². The van der Waals surface area contributed by atoms with Gasteiger partial charge in [0.2, 0.25) is 0 Å². The Bertz CT molecular complexity index is 1030. The van der Waals surface area contributed by atoms with E-state index in [-0.39, 0.29) is 5.56 Å². The Morgan fingerprint density at radius 1 is 1.14 bits per heavy atom. The summed E-state index contributed by atoms with van der Waals surface area (Å²) in [5.41, 5.74) is 3.32. The van der Waals surface area contributed by atoms with Crippen LogP contribution in [0.1, 0.15) is 5.56 Å². The van der Waals surface area contributed by atoms with Crippen molar-refractivity contribution in [3.63, 3.8) is 0 Å². The number of benzene rings is 1. The van der Waals surface area contributed by atoms with Crippen molar-refractivity contribution in [1.82, 2.24) is 9.97 Å².